The smallest absolute Gasteiger partial charge is 0.361 e. The van der Waals surface area contributed by atoms with Crippen molar-refractivity contribution in [3.05, 3.63) is 87.9 Å². The molecular weight excluding hydrogens is 504 g/mol. The third-order valence-electron chi connectivity index (χ3n) is 4.90. The molecule has 0 saturated carbocycles. The highest BCUT2D eigenvalue weighted by atomic mass is 32.2. The number of carbonyl (C=O) groups is 2. The average Bonchev–Trinajstić information content (AvgIpc) is 2.78. The topological polar surface area (TPSA) is 175 Å². The summed E-state index contributed by atoms with van der Waals surface area (Å²) in [4.78, 5) is 29.3. The molecule has 2 aromatic carbocycles. The first-order valence-electron chi connectivity index (χ1n) is 9.46. The second-order valence-corrected chi connectivity index (χ2v) is 11.2. The van der Waals surface area contributed by atoms with Gasteiger partial charge in [0.05, 0.1) is 15.9 Å². The molecule has 4 rings (SSSR count). The van der Waals surface area contributed by atoms with Gasteiger partial charge < -0.3 is 11.1 Å². The summed E-state index contributed by atoms with van der Waals surface area (Å²) in [5.74, 6) is -0.981. The van der Waals surface area contributed by atoms with Crippen molar-refractivity contribution in [1.29, 1.82) is 0 Å². The molecule has 0 fully saturated rings. The summed E-state index contributed by atoms with van der Waals surface area (Å²) in [7, 11) is -6.89. The van der Waals surface area contributed by atoms with Crippen LogP contribution in [0.4, 0.5) is 0 Å². The van der Waals surface area contributed by atoms with Crippen molar-refractivity contribution in [2.45, 2.75) is 19.7 Å². The molecule has 2 aliphatic carbocycles. The Morgan fingerprint density at radius 1 is 0.667 bits per heavy atom. The van der Waals surface area contributed by atoms with E-state index in [1.165, 1.54) is 36.4 Å². The lowest BCUT2D eigenvalue weighted by molar-refractivity contribution is -0.00459. The second kappa shape index (κ2) is 11.1. The van der Waals surface area contributed by atoms with Crippen LogP contribution in [-0.2, 0) is 19.7 Å². The van der Waals surface area contributed by atoms with Crippen molar-refractivity contribution in [2.75, 3.05) is 12.5 Å². The van der Waals surface area contributed by atoms with Crippen molar-refractivity contribution >= 4 is 53.6 Å². The Hall–Kier alpha value is -4.08. The average molecular weight is 529 g/mol. The Kier molecular flexibility index (Phi) is 9.24. The number of fused-ring (bicyclic) bond motifs is 2. The maximum atomic E-state index is 11.8. The van der Waals surface area contributed by atoms with Crippen molar-refractivity contribution in [3.63, 3.8) is 0 Å². The van der Waals surface area contributed by atoms with Gasteiger partial charge in [-0.25, -0.2) is 16.8 Å². The molecule has 2 aromatic rings. The third-order valence-corrected chi connectivity index (χ3v) is 7.19. The number of Topliss-reactive ketones (excluding diaryl/α,β-unsaturated/α-hetero) is 2. The Morgan fingerprint density at radius 3 is 1.72 bits per heavy atom. The van der Waals surface area contributed by atoms with Gasteiger partial charge >= 0.3 is 11.4 Å². The van der Waals surface area contributed by atoms with E-state index >= 15 is 0 Å². The van der Waals surface area contributed by atoms with E-state index in [1.807, 2.05) is 0 Å². The van der Waals surface area contributed by atoms with Gasteiger partial charge in [-0.3, -0.25) is 9.59 Å². The summed E-state index contributed by atoms with van der Waals surface area (Å²) in [6.45, 7) is 0. The molecule has 0 N–H and O–H groups in total. The number of allylic oxidation sites excluding steroid dienone is 2. The molecule has 12 heteroatoms. The number of carbonyl (C=O) groups excluding carboxylic acids is 2. The molecule has 0 saturated heterocycles. The zero-order chi connectivity index (χ0) is 25.3. The number of benzene rings is 2. The molecule has 188 valence electrons. The van der Waals surface area contributed by atoms with Crippen LogP contribution in [0.15, 0.2) is 59.5 Å². The van der Waals surface area contributed by atoms with Gasteiger partial charge in [-0.2, -0.15) is 9.58 Å². The van der Waals surface area contributed by atoms with E-state index in [9.17, 15) is 26.4 Å². The molecule has 0 bridgehead atoms. The van der Waals surface area contributed by atoms with E-state index < -0.39 is 31.2 Å². The van der Waals surface area contributed by atoms with E-state index in [0.717, 1.165) is 18.6 Å². The van der Waals surface area contributed by atoms with Crippen molar-refractivity contribution < 1.29 is 36.0 Å². The monoisotopic (exact) mass is 528 g/mol. The van der Waals surface area contributed by atoms with Crippen LogP contribution in [0.3, 0.4) is 0 Å². The highest BCUT2D eigenvalue weighted by molar-refractivity contribution is 8.00. The largest absolute Gasteiger partial charge is 0.364 e. The zero-order valence-corrected chi connectivity index (χ0v) is 19.5. The number of hydrogen-bond donors (Lipinski definition) is 0. The van der Waals surface area contributed by atoms with E-state index in [-0.39, 0.29) is 47.2 Å². The minimum Gasteiger partial charge on any atom is -0.361 e. The Morgan fingerprint density at radius 2 is 1.19 bits per heavy atom. The predicted octanol–water partition coefficient (Wildman–Crippen LogP) is 3.18. The van der Waals surface area contributed by atoms with Crippen molar-refractivity contribution in [2.24, 2.45) is 0 Å². The summed E-state index contributed by atoms with van der Waals surface area (Å²) >= 11 is 0. The highest BCUT2D eigenvalue weighted by Crippen LogP contribution is 2.28. The summed E-state index contributed by atoms with van der Waals surface area (Å²) in [5.41, 5.74) is 18.1. The molecule has 0 aliphatic heterocycles. The zero-order valence-electron chi connectivity index (χ0n) is 17.8. The van der Waals surface area contributed by atoms with Crippen LogP contribution >= 0.6 is 0 Å². The summed E-state index contributed by atoms with van der Waals surface area (Å²) in [6, 6.07) is 10.7. The van der Waals surface area contributed by atoms with Crippen molar-refractivity contribution in [3.8, 4) is 0 Å². The fourth-order valence-electron chi connectivity index (χ4n) is 3.37. The molecule has 0 atom stereocenters. The summed E-state index contributed by atoms with van der Waals surface area (Å²) in [6.07, 6.45) is 5.96. The van der Waals surface area contributed by atoms with Gasteiger partial charge in [-0.1, -0.05) is 51.3 Å². The minimum atomic E-state index is -3.49. The molecule has 0 radical (unpaired) electrons. The maximum Gasteiger partial charge on any atom is 0.364 e. The summed E-state index contributed by atoms with van der Waals surface area (Å²) < 4.78 is 46.3. The molecule has 2 aliphatic rings. The number of nitrogens with zero attached hydrogens (tertiary/aromatic N) is 4. The van der Waals surface area contributed by atoms with E-state index in [1.54, 1.807) is 18.2 Å². The highest BCUT2D eigenvalue weighted by Gasteiger charge is 2.33. The van der Waals surface area contributed by atoms with Crippen LogP contribution in [0.25, 0.3) is 22.0 Å². The molecule has 10 nitrogen and oxygen atoms in total. The van der Waals surface area contributed by atoms with Crippen LogP contribution in [0.5, 0.6) is 0 Å². The number of rotatable bonds is 2. The molecule has 36 heavy (non-hydrogen) atoms. The first-order chi connectivity index (χ1) is 15.9. The van der Waals surface area contributed by atoms with Crippen LogP contribution < -0.4 is 0 Å². The second-order valence-electron chi connectivity index (χ2n) is 7.28. The van der Waals surface area contributed by atoms with Crippen LogP contribution in [0.1, 0.15) is 46.7 Å². The quantitative estimate of drug-likeness (QED) is 0.427. The van der Waals surface area contributed by atoms with Crippen molar-refractivity contribution in [1.82, 2.24) is 0 Å². The fourth-order valence-corrected chi connectivity index (χ4v) is 5.18. The normalized spacial score (nSPS) is 13.9. The van der Waals surface area contributed by atoms with Gasteiger partial charge in [0.15, 0.2) is 19.7 Å². The Labute approximate surface area is 209 Å². The predicted molar refractivity (Wildman–Crippen MR) is 137 cm³/mol. The van der Waals surface area contributed by atoms with Gasteiger partial charge in [0.2, 0.25) is 0 Å². The van der Waals surface area contributed by atoms with Gasteiger partial charge in [0, 0.05) is 40.8 Å². The maximum absolute atomic E-state index is 11.8. The lowest BCUT2D eigenvalue weighted by atomic mass is 9.95. The van der Waals surface area contributed by atoms with E-state index in [0.29, 0.717) is 11.1 Å². The van der Waals surface area contributed by atoms with E-state index in [2.05, 4.69) is 9.58 Å². The van der Waals surface area contributed by atoms with Crippen LogP contribution in [0, 0.1) is 0 Å². The Balaban J connectivity index is 0.000000341. The van der Waals surface area contributed by atoms with Gasteiger partial charge in [0.1, 0.15) is 0 Å². The number of sulfone groups is 2. The molecular formula is C24H24N4O6S2. The molecule has 0 spiro atoms. The standard InChI is InChI=1S/2C11H8N2O3S.2CH4/c1-17(15,16)10-4-2-3-8-7(10)5-6-9(13-12)11(8)14;1-17(15,16)10-6-9(13-12)11(14)8-5-3-2-4-7(8)10;;/h2*2-6H,1H3;2*1H4. The lowest BCUT2D eigenvalue weighted by Gasteiger charge is -2.12. The molecule has 0 amide bonds. The van der Waals surface area contributed by atoms with Gasteiger partial charge in [0.25, 0.3) is 11.6 Å². The third kappa shape index (κ3) is 5.76. The fraction of sp³-hybridized carbons (Fsp3) is 0.167. The minimum absolute atomic E-state index is 0. The first-order valence-corrected chi connectivity index (χ1v) is 13.2. The van der Waals surface area contributed by atoms with Gasteiger partial charge in [-0.05, 0) is 12.1 Å². The molecule has 0 unspecified atom stereocenters. The van der Waals surface area contributed by atoms with E-state index in [4.69, 9.17) is 11.1 Å². The molecule has 0 heterocycles. The van der Waals surface area contributed by atoms with Crippen LogP contribution in [0.2, 0.25) is 0 Å². The lowest BCUT2D eigenvalue weighted by Crippen LogP contribution is -2.22. The Bertz CT molecular complexity index is 1640. The number of ketones is 2. The first kappa shape index (κ1) is 30.0. The number of hydrogen-bond acceptors (Lipinski definition) is 6. The van der Waals surface area contributed by atoms with Gasteiger partial charge in [-0.15, -0.1) is 0 Å². The molecule has 0 aromatic heterocycles. The van der Waals surface area contributed by atoms with Crippen LogP contribution in [-0.4, -0.2) is 61.9 Å². The summed E-state index contributed by atoms with van der Waals surface area (Å²) in [5, 5.41) is 0. The SMILES string of the molecule is C.C.CS(=O)(=O)C1=CC(=[N+]=[N-])C(=O)c2ccccc21.CS(=O)(=O)c1cccc2c1C=CC(=[N+]=[N-])C2=O.